The van der Waals surface area contributed by atoms with Crippen LogP contribution in [0, 0.1) is 11.7 Å². The molecule has 2 aliphatic heterocycles. The van der Waals surface area contributed by atoms with Crippen LogP contribution in [0.2, 0.25) is 5.02 Å². The summed E-state index contributed by atoms with van der Waals surface area (Å²) in [4.78, 5) is 19.4. The van der Waals surface area contributed by atoms with Gasteiger partial charge >= 0.3 is 0 Å². The van der Waals surface area contributed by atoms with Crippen molar-refractivity contribution in [2.45, 2.75) is 25.8 Å². The Morgan fingerprint density at radius 1 is 1.16 bits per heavy atom. The van der Waals surface area contributed by atoms with E-state index in [9.17, 15) is 9.18 Å². The Labute approximate surface area is 154 Å². The van der Waals surface area contributed by atoms with Gasteiger partial charge in [0.15, 0.2) is 0 Å². The van der Waals surface area contributed by atoms with Gasteiger partial charge < -0.3 is 9.80 Å². The number of halogens is 2. The maximum Gasteiger partial charge on any atom is 0.253 e. The van der Waals surface area contributed by atoms with Crippen LogP contribution in [0.15, 0.2) is 18.2 Å². The van der Waals surface area contributed by atoms with E-state index >= 15 is 0 Å². The summed E-state index contributed by atoms with van der Waals surface area (Å²) in [5.74, 6) is 0.0924. The van der Waals surface area contributed by atoms with E-state index in [0.29, 0.717) is 17.5 Å². The highest BCUT2D eigenvalue weighted by molar-refractivity contribution is 6.31. The summed E-state index contributed by atoms with van der Waals surface area (Å²) in [6, 6.07) is 4.77. The SMILES string of the molecule is CC(C1CCN(C(=O)c2ccc(F)c(Cl)c2)CC1)N1CCN(C)CC1. The van der Waals surface area contributed by atoms with E-state index in [4.69, 9.17) is 11.6 Å². The first-order valence-electron chi connectivity index (χ1n) is 9.12. The molecule has 0 radical (unpaired) electrons. The molecular formula is C19H27ClFN3O. The largest absolute Gasteiger partial charge is 0.339 e. The molecule has 1 aromatic rings. The summed E-state index contributed by atoms with van der Waals surface area (Å²) in [5.41, 5.74) is 0.469. The molecule has 0 bridgehead atoms. The van der Waals surface area contributed by atoms with Crippen LogP contribution in [0.1, 0.15) is 30.1 Å². The van der Waals surface area contributed by atoms with Crippen molar-refractivity contribution in [3.63, 3.8) is 0 Å². The van der Waals surface area contributed by atoms with E-state index < -0.39 is 5.82 Å². The molecule has 2 aliphatic rings. The van der Waals surface area contributed by atoms with E-state index in [-0.39, 0.29) is 10.9 Å². The monoisotopic (exact) mass is 367 g/mol. The number of nitrogens with zero attached hydrogens (tertiary/aromatic N) is 3. The number of hydrogen-bond donors (Lipinski definition) is 0. The molecule has 0 aromatic heterocycles. The molecule has 2 fully saturated rings. The fourth-order valence-corrected chi connectivity index (χ4v) is 4.10. The summed E-state index contributed by atoms with van der Waals surface area (Å²) in [5, 5.41) is 0.00410. The molecule has 2 heterocycles. The van der Waals surface area contributed by atoms with Crippen molar-refractivity contribution in [3.05, 3.63) is 34.6 Å². The number of carbonyl (C=O) groups is 1. The lowest BCUT2D eigenvalue weighted by Gasteiger charge is -2.42. The van der Waals surface area contributed by atoms with Gasteiger partial charge in [0.05, 0.1) is 5.02 Å². The third-order valence-electron chi connectivity index (χ3n) is 5.79. The second-order valence-electron chi connectivity index (χ2n) is 7.34. The first kappa shape index (κ1) is 18.6. The van der Waals surface area contributed by atoms with Gasteiger partial charge in [-0.3, -0.25) is 9.69 Å². The molecule has 1 unspecified atom stereocenters. The van der Waals surface area contributed by atoms with Gasteiger partial charge in [-0.1, -0.05) is 11.6 Å². The highest BCUT2D eigenvalue weighted by Crippen LogP contribution is 2.26. The molecule has 3 rings (SSSR count). The van der Waals surface area contributed by atoms with Gasteiger partial charge in [-0.05, 0) is 50.9 Å². The number of likely N-dealkylation sites (N-methyl/N-ethyl adjacent to an activating group) is 1. The number of rotatable bonds is 3. The Balaban J connectivity index is 1.54. The molecule has 138 valence electrons. The van der Waals surface area contributed by atoms with Gasteiger partial charge in [-0.15, -0.1) is 0 Å². The third-order valence-corrected chi connectivity index (χ3v) is 6.08. The molecule has 0 N–H and O–H groups in total. The first-order valence-corrected chi connectivity index (χ1v) is 9.50. The summed E-state index contributed by atoms with van der Waals surface area (Å²) in [6.07, 6.45) is 2.04. The molecule has 25 heavy (non-hydrogen) atoms. The van der Waals surface area contributed by atoms with Crippen LogP contribution in [0.3, 0.4) is 0 Å². The lowest BCUT2D eigenvalue weighted by molar-refractivity contribution is 0.0500. The van der Waals surface area contributed by atoms with Crippen molar-refractivity contribution in [1.29, 1.82) is 0 Å². The van der Waals surface area contributed by atoms with Gasteiger partial charge in [0.1, 0.15) is 5.82 Å². The molecule has 2 saturated heterocycles. The molecule has 1 aromatic carbocycles. The standard InChI is InChI=1S/C19H27ClFN3O/c1-14(23-11-9-22(2)10-12-23)15-5-7-24(8-6-15)19(25)16-3-4-18(21)17(20)13-16/h3-4,13-15H,5-12H2,1-2H3. The molecule has 0 saturated carbocycles. The second kappa shape index (κ2) is 8.02. The van der Waals surface area contributed by atoms with Crippen LogP contribution in [0.5, 0.6) is 0 Å². The number of benzene rings is 1. The van der Waals surface area contributed by atoms with Gasteiger partial charge in [-0.25, -0.2) is 4.39 Å². The van der Waals surface area contributed by atoms with Crippen LogP contribution in [-0.2, 0) is 0 Å². The number of amides is 1. The molecule has 1 atom stereocenters. The number of hydrogen-bond acceptors (Lipinski definition) is 3. The van der Waals surface area contributed by atoms with Crippen molar-refractivity contribution in [2.24, 2.45) is 5.92 Å². The van der Waals surface area contributed by atoms with Gasteiger partial charge in [0.25, 0.3) is 5.91 Å². The van der Waals surface area contributed by atoms with Crippen LogP contribution >= 0.6 is 11.6 Å². The molecular weight excluding hydrogens is 341 g/mol. The number of piperazine rings is 1. The second-order valence-corrected chi connectivity index (χ2v) is 7.75. The maximum atomic E-state index is 13.3. The van der Waals surface area contributed by atoms with Crippen LogP contribution < -0.4 is 0 Å². The maximum absolute atomic E-state index is 13.3. The summed E-state index contributed by atoms with van der Waals surface area (Å²) < 4.78 is 13.3. The van der Waals surface area contributed by atoms with Crippen molar-refractivity contribution < 1.29 is 9.18 Å². The minimum absolute atomic E-state index is 0.00410. The first-order chi connectivity index (χ1) is 12.0. The fraction of sp³-hybridized carbons (Fsp3) is 0.632. The lowest BCUT2D eigenvalue weighted by Crippen LogP contribution is -2.52. The van der Waals surface area contributed by atoms with Crippen molar-refractivity contribution in [2.75, 3.05) is 46.3 Å². The number of carbonyl (C=O) groups excluding carboxylic acids is 1. The predicted octanol–water partition coefficient (Wildman–Crippen LogP) is 2.97. The Morgan fingerprint density at radius 3 is 2.40 bits per heavy atom. The highest BCUT2D eigenvalue weighted by Gasteiger charge is 2.30. The van der Waals surface area contributed by atoms with E-state index in [1.54, 1.807) is 0 Å². The van der Waals surface area contributed by atoms with Crippen LogP contribution in [0.4, 0.5) is 4.39 Å². The number of piperidine rings is 1. The molecule has 1 amide bonds. The Hall–Kier alpha value is -1.17. The van der Waals surface area contributed by atoms with Gasteiger partial charge in [0.2, 0.25) is 0 Å². The van der Waals surface area contributed by atoms with Gasteiger partial charge in [0, 0.05) is 50.9 Å². The smallest absolute Gasteiger partial charge is 0.253 e. The minimum atomic E-state index is -0.488. The summed E-state index contributed by atoms with van der Waals surface area (Å²) in [6.45, 7) is 8.37. The fourth-order valence-electron chi connectivity index (χ4n) is 3.92. The average Bonchev–Trinajstić information content (AvgIpc) is 2.63. The molecule has 0 spiro atoms. The van der Waals surface area contributed by atoms with Crippen molar-refractivity contribution >= 4 is 17.5 Å². The van der Waals surface area contributed by atoms with Crippen LogP contribution in [-0.4, -0.2) is 73.0 Å². The zero-order chi connectivity index (χ0) is 18.0. The highest BCUT2D eigenvalue weighted by atomic mass is 35.5. The Kier molecular flexibility index (Phi) is 5.97. The topological polar surface area (TPSA) is 26.8 Å². The summed E-state index contributed by atoms with van der Waals surface area (Å²) in [7, 11) is 2.17. The average molecular weight is 368 g/mol. The van der Waals surface area contributed by atoms with Crippen molar-refractivity contribution in [3.8, 4) is 0 Å². The third kappa shape index (κ3) is 4.33. The number of likely N-dealkylation sites (tertiary alicyclic amines) is 1. The zero-order valence-corrected chi connectivity index (χ0v) is 15.8. The molecule has 0 aliphatic carbocycles. The van der Waals surface area contributed by atoms with E-state index in [1.807, 2.05) is 4.90 Å². The zero-order valence-electron chi connectivity index (χ0n) is 15.0. The van der Waals surface area contributed by atoms with E-state index in [1.165, 1.54) is 18.2 Å². The van der Waals surface area contributed by atoms with E-state index in [0.717, 1.165) is 52.1 Å². The minimum Gasteiger partial charge on any atom is -0.339 e. The Bertz CT molecular complexity index is 611. The Morgan fingerprint density at radius 2 is 1.80 bits per heavy atom. The van der Waals surface area contributed by atoms with Crippen molar-refractivity contribution in [1.82, 2.24) is 14.7 Å². The van der Waals surface area contributed by atoms with Crippen LogP contribution in [0.25, 0.3) is 0 Å². The predicted molar refractivity (Wildman–Crippen MR) is 98.6 cm³/mol. The molecule has 4 nitrogen and oxygen atoms in total. The van der Waals surface area contributed by atoms with Gasteiger partial charge in [-0.2, -0.15) is 0 Å². The normalized spacial score (nSPS) is 22.2. The lowest BCUT2D eigenvalue weighted by atomic mass is 9.88. The summed E-state index contributed by atoms with van der Waals surface area (Å²) >= 11 is 5.80. The quantitative estimate of drug-likeness (QED) is 0.821. The van der Waals surface area contributed by atoms with E-state index in [2.05, 4.69) is 23.8 Å². The molecule has 6 heteroatoms.